The monoisotopic (exact) mass is 174 g/mol. The summed E-state index contributed by atoms with van der Waals surface area (Å²) >= 11 is 0. The van der Waals surface area contributed by atoms with Gasteiger partial charge < -0.3 is 15.6 Å². The van der Waals surface area contributed by atoms with E-state index >= 15 is 0 Å². The van der Waals surface area contributed by atoms with E-state index in [1.54, 1.807) is 0 Å². The van der Waals surface area contributed by atoms with Crippen LogP contribution in [0.2, 0.25) is 0 Å². The third-order valence-electron chi connectivity index (χ3n) is 2.27. The van der Waals surface area contributed by atoms with Gasteiger partial charge in [0.2, 0.25) is 0 Å². The summed E-state index contributed by atoms with van der Waals surface area (Å²) in [6, 6.07) is 0.108. The standard InChI is InChI=1S/C8H18N2O2/c1-7-5-10(2-3-12-7)8(4-9)6-11/h7-8,11H,2-6,9H2,1H3. The number of aliphatic hydroxyl groups is 1. The second kappa shape index (κ2) is 4.77. The molecule has 2 atom stereocenters. The average molecular weight is 174 g/mol. The van der Waals surface area contributed by atoms with Crippen molar-refractivity contribution in [2.24, 2.45) is 5.73 Å². The molecule has 1 saturated heterocycles. The topological polar surface area (TPSA) is 58.7 Å². The molecule has 2 unspecified atom stereocenters. The van der Waals surface area contributed by atoms with Crippen LogP contribution in [-0.4, -0.2) is 55.0 Å². The highest BCUT2D eigenvalue weighted by atomic mass is 16.5. The predicted molar refractivity (Wildman–Crippen MR) is 46.9 cm³/mol. The molecule has 1 aliphatic heterocycles. The second-order valence-electron chi connectivity index (χ2n) is 3.25. The third-order valence-corrected chi connectivity index (χ3v) is 2.27. The van der Waals surface area contributed by atoms with Crippen molar-refractivity contribution in [1.82, 2.24) is 4.90 Å². The van der Waals surface area contributed by atoms with Gasteiger partial charge in [-0.1, -0.05) is 0 Å². The summed E-state index contributed by atoms with van der Waals surface area (Å²) < 4.78 is 5.38. The van der Waals surface area contributed by atoms with Crippen molar-refractivity contribution in [2.45, 2.75) is 19.1 Å². The molecule has 72 valence electrons. The van der Waals surface area contributed by atoms with E-state index in [0.29, 0.717) is 6.54 Å². The zero-order chi connectivity index (χ0) is 8.97. The van der Waals surface area contributed by atoms with Gasteiger partial charge in [-0.25, -0.2) is 0 Å². The van der Waals surface area contributed by atoms with Gasteiger partial charge in [0, 0.05) is 25.7 Å². The van der Waals surface area contributed by atoms with Crippen LogP contribution in [0.25, 0.3) is 0 Å². The number of nitrogens with two attached hydrogens (primary N) is 1. The molecule has 1 rings (SSSR count). The van der Waals surface area contributed by atoms with E-state index in [2.05, 4.69) is 4.90 Å². The SMILES string of the molecule is CC1CN(C(CN)CO)CCO1. The van der Waals surface area contributed by atoms with Crippen molar-refractivity contribution in [3.63, 3.8) is 0 Å². The van der Waals surface area contributed by atoms with Crippen LogP contribution in [0.3, 0.4) is 0 Å². The Balaban J connectivity index is 2.38. The van der Waals surface area contributed by atoms with Crippen LogP contribution in [0.5, 0.6) is 0 Å². The highest BCUT2D eigenvalue weighted by molar-refractivity contribution is 4.76. The van der Waals surface area contributed by atoms with Gasteiger partial charge >= 0.3 is 0 Å². The first-order valence-electron chi connectivity index (χ1n) is 4.44. The molecule has 0 aromatic carbocycles. The van der Waals surface area contributed by atoms with Crippen LogP contribution in [-0.2, 0) is 4.74 Å². The Morgan fingerprint density at radius 2 is 2.50 bits per heavy atom. The Kier molecular flexibility index (Phi) is 3.94. The summed E-state index contributed by atoms with van der Waals surface area (Å²) in [4.78, 5) is 2.19. The van der Waals surface area contributed by atoms with Crippen molar-refractivity contribution in [3.05, 3.63) is 0 Å². The fourth-order valence-electron chi connectivity index (χ4n) is 1.52. The van der Waals surface area contributed by atoms with Gasteiger partial charge in [-0.05, 0) is 6.92 Å². The van der Waals surface area contributed by atoms with Crippen LogP contribution in [0.4, 0.5) is 0 Å². The molecule has 0 spiro atoms. The molecule has 0 radical (unpaired) electrons. The maximum atomic E-state index is 9.00. The maximum Gasteiger partial charge on any atom is 0.0674 e. The summed E-state index contributed by atoms with van der Waals surface area (Å²) in [5.41, 5.74) is 5.52. The summed E-state index contributed by atoms with van der Waals surface area (Å²) in [5, 5.41) is 9.00. The molecule has 1 heterocycles. The number of aliphatic hydroxyl groups excluding tert-OH is 1. The highest BCUT2D eigenvalue weighted by Crippen LogP contribution is 2.07. The molecular weight excluding hydrogens is 156 g/mol. The predicted octanol–water partition coefficient (Wildman–Crippen LogP) is -0.973. The van der Waals surface area contributed by atoms with Crippen molar-refractivity contribution in [2.75, 3.05) is 32.8 Å². The van der Waals surface area contributed by atoms with Crippen molar-refractivity contribution >= 4 is 0 Å². The number of rotatable bonds is 3. The Labute approximate surface area is 73.3 Å². The van der Waals surface area contributed by atoms with Gasteiger partial charge in [-0.3, -0.25) is 4.90 Å². The van der Waals surface area contributed by atoms with Gasteiger partial charge in [-0.15, -0.1) is 0 Å². The molecule has 0 bridgehead atoms. The molecule has 4 heteroatoms. The van der Waals surface area contributed by atoms with Crippen LogP contribution in [0.15, 0.2) is 0 Å². The lowest BCUT2D eigenvalue weighted by Crippen LogP contribution is -2.51. The van der Waals surface area contributed by atoms with E-state index in [9.17, 15) is 0 Å². The first kappa shape index (κ1) is 9.92. The molecule has 0 aromatic rings. The summed E-state index contributed by atoms with van der Waals surface area (Å²) in [6.07, 6.45) is 0.263. The second-order valence-corrected chi connectivity index (χ2v) is 3.25. The molecule has 3 N–H and O–H groups in total. The molecular formula is C8H18N2O2. The Hall–Kier alpha value is -0.160. The van der Waals surface area contributed by atoms with Crippen molar-refractivity contribution < 1.29 is 9.84 Å². The third kappa shape index (κ3) is 2.42. The Bertz CT molecular complexity index is 128. The number of morpholine rings is 1. The quantitative estimate of drug-likeness (QED) is 0.578. The molecule has 4 nitrogen and oxygen atoms in total. The van der Waals surface area contributed by atoms with E-state index in [4.69, 9.17) is 15.6 Å². The van der Waals surface area contributed by atoms with Crippen LogP contribution >= 0.6 is 0 Å². The molecule has 0 amide bonds. The number of ether oxygens (including phenoxy) is 1. The fourth-order valence-corrected chi connectivity index (χ4v) is 1.52. The van der Waals surface area contributed by atoms with Gasteiger partial charge in [0.15, 0.2) is 0 Å². The van der Waals surface area contributed by atoms with Gasteiger partial charge in [0.05, 0.1) is 19.3 Å². The minimum Gasteiger partial charge on any atom is -0.395 e. The first-order chi connectivity index (χ1) is 5.77. The molecule has 0 saturated carbocycles. The lowest BCUT2D eigenvalue weighted by atomic mass is 10.2. The average Bonchev–Trinajstić information content (AvgIpc) is 2.07. The molecule has 0 aromatic heterocycles. The zero-order valence-corrected chi connectivity index (χ0v) is 7.57. The van der Waals surface area contributed by atoms with Crippen LogP contribution in [0.1, 0.15) is 6.92 Å². The molecule has 1 aliphatic rings. The van der Waals surface area contributed by atoms with Crippen LogP contribution in [0, 0.1) is 0 Å². The Morgan fingerprint density at radius 3 is 3.00 bits per heavy atom. The van der Waals surface area contributed by atoms with Gasteiger partial charge in [0.25, 0.3) is 0 Å². The summed E-state index contributed by atoms with van der Waals surface area (Å²) in [7, 11) is 0. The first-order valence-corrected chi connectivity index (χ1v) is 4.44. The molecule has 12 heavy (non-hydrogen) atoms. The minimum atomic E-state index is 0.108. The van der Waals surface area contributed by atoms with Gasteiger partial charge in [-0.2, -0.15) is 0 Å². The highest BCUT2D eigenvalue weighted by Gasteiger charge is 2.22. The largest absolute Gasteiger partial charge is 0.395 e. The smallest absolute Gasteiger partial charge is 0.0674 e. The van der Waals surface area contributed by atoms with E-state index in [-0.39, 0.29) is 18.8 Å². The normalized spacial score (nSPS) is 28.8. The molecule has 1 fully saturated rings. The summed E-state index contributed by atoms with van der Waals surface area (Å²) in [6.45, 7) is 5.20. The van der Waals surface area contributed by atoms with E-state index < -0.39 is 0 Å². The summed E-state index contributed by atoms with van der Waals surface area (Å²) in [5.74, 6) is 0. The van der Waals surface area contributed by atoms with Crippen molar-refractivity contribution in [3.8, 4) is 0 Å². The lowest BCUT2D eigenvalue weighted by molar-refractivity contribution is -0.0403. The lowest BCUT2D eigenvalue weighted by Gasteiger charge is -2.35. The van der Waals surface area contributed by atoms with E-state index in [1.807, 2.05) is 6.92 Å². The van der Waals surface area contributed by atoms with Gasteiger partial charge in [0.1, 0.15) is 0 Å². The van der Waals surface area contributed by atoms with E-state index in [1.165, 1.54) is 0 Å². The molecule has 0 aliphatic carbocycles. The number of hydrogen-bond acceptors (Lipinski definition) is 4. The number of nitrogens with zero attached hydrogens (tertiary/aromatic N) is 1. The Morgan fingerprint density at radius 1 is 1.75 bits per heavy atom. The fraction of sp³-hybridized carbons (Fsp3) is 1.00. The van der Waals surface area contributed by atoms with Crippen LogP contribution < -0.4 is 5.73 Å². The number of hydrogen-bond donors (Lipinski definition) is 2. The van der Waals surface area contributed by atoms with Crippen molar-refractivity contribution in [1.29, 1.82) is 0 Å². The zero-order valence-electron chi connectivity index (χ0n) is 7.57. The van der Waals surface area contributed by atoms with E-state index in [0.717, 1.165) is 19.7 Å². The minimum absolute atomic E-state index is 0.108. The maximum absolute atomic E-state index is 9.00.